The summed E-state index contributed by atoms with van der Waals surface area (Å²) in [5.74, 6) is 0.0466. The van der Waals surface area contributed by atoms with Crippen molar-refractivity contribution in [3.8, 4) is 17.1 Å². The number of carboxylic acid groups (broad SMARTS) is 1. The Kier molecular flexibility index (Phi) is 7.66. The third kappa shape index (κ3) is 5.98. The average Bonchev–Trinajstić information content (AvgIpc) is 3.19. The van der Waals surface area contributed by atoms with E-state index in [0.29, 0.717) is 35.1 Å². The number of carbonyl (C=O) groups excluding carboxylic acids is 1. The maximum absolute atomic E-state index is 12.6. The van der Waals surface area contributed by atoms with E-state index in [1.807, 2.05) is 49.4 Å². The number of carbonyl (C=O) groups is 2. The molecule has 7 nitrogen and oxygen atoms in total. The van der Waals surface area contributed by atoms with Crippen molar-refractivity contribution in [1.29, 1.82) is 0 Å². The molecule has 4 rings (SSSR count). The van der Waals surface area contributed by atoms with E-state index < -0.39 is 18.2 Å². The van der Waals surface area contributed by atoms with Crippen molar-refractivity contribution in [3.63, 3.8) is 0 Å². The molecule has 1 aliphatic carbocycles. The highest BCUT2D eigenvalue weighted by Gasteiger charge is 2.28. The Morgan fingerprint density at radius 2 is 1.89 bits per heavy atom. The van der Waals surface area contributed by atoms with Crippen LogP contribution < -0.4 is 10.1 Å². The molecule has 1 fully saturated rings. The number of rotatable bonds is 7. The van der Waals surface area contributed by atoms with Crippen LogP contribution in [0.2, 0.25) is 5.02 Å². The lowest BCUT2D eigenvalue weighted by Gasteiger charge is -2.27. The SMILES string of the molecule is Cc1coc(-c2ccc(O[C@H]3CCC[C@H](C(=O)O)C3)cc2)c1NC(=O)O[C@H](C)c1ccccc1Cl. The van der Waals surface area contributed by atoms with Gasteiger partial charge in [0, 0.05) is 21.7 Å². The number of nitrogens with one attached hydrogen (secondary N) is 1. The van der Waals surface area contributed by atoms with Crippen LogP contribution in [0, 0.1) is 12.8 Å². The van der Waals surface area contributed by atoms with Gasteiger partial charge in [-0.1, -0.05) is 29.8 Å². The molecule has 2 N–H and O–H groups in total. The Morgan fingerprint density at radius 3 is 2.60 bits per heavy atom. The molecule has 0 aliphatic heterocycles. The number of anilines is 1. The standard InChI is InChI=1S/C27H28ClNO6/c1-16-15-33-25(24(16)29-27(32)34-17(2)22-8-3-4-9-23(22)28)18-10-12-20(13-11-18)35-21-7-5-6-19(14-21)26(30)31/h3-4,8-13,15,17,19,21H,5-7,14H2,1-2H3,(H,29,32)(H,30,31)/t17-,19+,21+/m1/s1. The van der Waals surface area contributed by atoms with Crippen molar-refractivity contribution in [2.75, 3.05) is 5.32 Å². The van der Waals surface area contributed by atoms with Gasteiger partial charge in [-0.3, -0.25) is 10.1 Å². The highest BCUT2D eigenvalue weighted by Crippen LogP contribution is 2.35. The Morgan fingerprint density at radius 1 is 1.14 bits per heavy atom. The molecule has 184 valence electrons. The molecule has 0 bridgehead atoms. The van der Waals surface area contributed by atoms with Crippen molar-refractivity contribution >= 4 is 29.4 Å². The van der Waals surface area contributed by atoms with Gasteiger partial charge in [-0.25, -0.2) is 4.79 Å². The van der Waals surface area contributed by atoms with Crippen molar-refractivity contribution in [3.05, 3.63) is 70.9 Å². The fourth-order valence-electron chi connectivity index (χ4n) is 4.33. The van der Waals surface area contributed by atoms with Gasteiger partial charge in [0.05, 0.1) is 24.0 Å². The second-order valence-corrected chi connectivity index (χ2v) is 9.19. The van der Waals surface area contributed by atoms with Crippen LogP contribution in [0.1, 0.15) is 49.8 Å². The van der Waals surface area contributed by atoms with E-state index in [1.165, 1.54) is 0 Å². The van der Waals surface area contributed by atoms with Crippen LogP contribution in [-0.4, -0.2) is 23.3 Å². The van der Waals surface area contributed by atoms with E-state index >= 15 is 0 Å². The van der Waals surface area contributed by atoms with E-state index in [9.17, 15) is 14.7 Å². The number of benzene rings is 2. The summed E-state index contributed by atoms with van der Waals surface area (Å²) in [7, 11) is 0. The Bertz CT molecular complexity index is 1190. The van der Waals surface area contributed by atoms with Gasteiger partial charge in [0.15, 0.2) is 5.76 Å². The monoisotopic (exact) mass is 497 g/mol. The maximum atomic E-state index is 12.6. The van der Waals surface area contributed by atoms with Crippen molar-refractivity contribution < 1.29 is 28.6 Å². The van der Waals surface area contributed by atoms with Crippen LogP contribution in [0.4, 0.5) is 10.5 Å². The number of carboxylic acids is 1. The van der Waals surface area contributed by atoms with Crippen molar-refractivity contribution in [2.24, 2.45) is 5.92 Å². The summed E-state index contributed by atoms with van der Waals surface area (Å²) < 4.78 is 17.3. The third-order valence-electron chi connectivity index (χ3n) is 6.22. The fraction of sp³-hybridized carbons (Fsp3) is 0.333. The van der Waals surface area contributed by atoms with Crippen LogP contribution >= 0.6 is 11.6 Å². The minimum Gasteiger partial charge on any atom is -0.490 e. The first-order chi connectivity index (χ1) is 16.8. The zero-order chi connectivity index (χ0) is 24.9. The molecule has 2 aromatic carbocycles. The van der Waals surface area contributed by atoms with E-state index in [2.05, 4.69) is 5.32 Å². The minimum atomic E-state index is -0.762. The van der Waals surface area contributed by atoms with Gasteiger partial charge in [0.25, 0.3) is 0 Å². The lowest BCUT2D eigenvalue weighted by atomic mass is 9.87. The molecule has 1 saturated carbocycles. The summed E-state index contributed by atoms with van der Waals surface area (Å²) in [5.41, 5.74) is 2.75. The summed E-state index contributed by atoms with van der Waals surface area (Å²) in [6.45, 7) is 3.59. The Labute approximate surface area is 209 Å². The number of furan rings is 1. The lowest BCUT2D eigenvalue weighted by Crippen LogP contribution is -2.29. The lowest BCUT2D eigenvalue weighted by molar-refractivity contribution is -0.143. The molecule has 8 heteroatoms. The van der Waals surface area contributed by atoms with E-state index in [-0.39, 0.29) is 12.0 Å². The van der Waals surface area contributed by atoms with E-state index in [0.717, 1.165) is 29.5 Å². The number of hydrogen-bond acceptors (Lipinski definition) is 5. The van der Waals surface area contributed by atoms with Crippen LogP contribution in [0.5, 0.6) is 5.75 Å². The molecule has 3 aromatic rings. The summed E-state index contributed by atoms with van der Waals surface area (Å²) in [4.78, 5) is 23.9. The van der Waals surface area contributed by atoms with Gasteiger partial charge in [0.2, 0.25) is 0 Å². The van der Waals surface area contributed by atoms with Gasteiger partial charge in [-0.2, -0.15) is 0 Å². The predicted molar refractivity (Wildman–Crippen MR) is 133 cm³/mol. The van der Waals surface area contributed by atoms with Crippen LogP contribution in [0.15, 0.2) is 59.2 Å². The molecule has 3 atom stereocenters. The number of aliphatic carboxylic acids is 1. The zero-order valence-electron chi connectivity index (χ0n) is 19.6. The van der Waals surface area contributed by atoms with Gasteiger partial charge in [0.1, 0.15) is 11.9 Å². The zero-order valence-corrected chi connectivity index (χ0v) is 20.4. The second kappa shape index (κ2) is 10.9. The Balaban J connectivity index is 1.42. The number of ether oxygens (including phenoxy) is 2. The summed E-state index contributed by atoms with van der Waals surface area (Å²) >= 11 is 6.21. The normalized spacial score (nSPS) is 18.5. The quantitative estimate of drug-likeness (QED) is 0.357. The van der Waals surface area contributed by atoms with Crippen molar-refractivity contribution in [1.82, 2.24) is 0 Å². The third-order valence-corrected chi connectivity index (χ3v) is 6.57. The largest absolute Gasteiger partial charge is 0.490 e. The van der Waals surface area contributed by atoms with E-state index in [4.69, 9.17) is 25.5 Å². The van der Waals surface area contributed by atoms with Gasteiger partial charge < -0.3 is 19.0 Å². The topological polar surface area (TPSA) is 98.0 Å². The van der Waals surface area contributed by atoms with Gasteiger partial charge in [-0.05, 0) is 69.9 Å². The first-order valence-electron chi connectivity index (χ1n) is 11.6. The summed E-state index contributed by atoms with van der Waals surface area (Å²) in [5, 5.41) is 12.6. The number of aryl methyl sites for hydroxylation is 1. The molecular formula is C27H28ClNO6. The molecule has 1 aliphatic rings. The van der Waals surface area contributed by atoms with Gasteiger partial charge in [-0.15, -0.1) is 0 Å². The van der Waals surface area contributed by atoms with Gasteiger partial charge >= 0.3 is 12.1 Å². The molecule has 1 amide bonds. The molecular weight excluding hydrogens is 470 g/mol. The number of halogens is 1. The first-order valence-corrected chi connectivity index (χ1v) is 12.0. The van der Waals surface area contributed by atoms with E-state index in [1.54, 1.807) is 19.3 Å². The fourth-order valence-corrected chi connectivity index (χ4v) is 4.62. The smallest absolute Gasteiger partial charge is 0.412 e. The molecule has 0 unspecified atom stereocenters. The molecule has 35 heavy (non-hydrogen) atoms. The maximum Gasteiger partial charge on any atom is 0.412 e. The van der Waals surface area contributed by atoms with Crippen LogP contribution in [0.3, 0.4) is 0 Å². The first kappa shape index (κ1) is 24.7. The average molecular weight is 498 g/mol. The second-order valence-electron chi connectivity index (χ2n) is 8.78. The summed E-state index contributed by atoms with van der Waals surface area (Å²) in [6.07, 6.45) is 3.19. The minimum absolute atomic E-state index is 0.117. The predicted octanol–water partition coefficient (Wildman–Crippen LogP) is 7.24. The molecule has 0 saturated heterocycles. The molecule has 1 heterocycles. The highest BCUT2D eigenvalue weighted by atomic mass is 35.5. The number of amides is 1. The van der Waals surface area contributed by atoms with Crippen LogP contribution in [-0.2, 0) is 9.53 Å². The molecule has 0 spiro atoms. The molecule has 1 aromatic heterocycles. The van der Waals surface area contributed by atoms with Crippen molar-refractivity contribution in [2.45, 2.75) is 51.7 Å². The molecule has 0 radical (unpaired) electrons. The summed E-state index contributed by atoms with van der Waals surface area (Å²) in [6, 6.07) is 14.5. The van der Waals surface area contributed by atoms with Crippen LogP contribution in [0.25, 0.3) is 11.3 Å². The Hall–Kier alpha value is -3.45. The number of hydrogen-bond donors (Lipinski definition) is 2. The highest BCUT2D eigenvalue weighted by molar-refractivity contribution is 6.31.